The fourth-order valence-electron chi connectivity index (χ4n) is 4.56. The van der Waals surface area contributed by atoms with Gasteiger partial charge in [0, 0.05) is 26.2 Å². The quantitative estimate of drug-likeness (QED) is 0.644. The Morgan fingerprint density at radius 1 is 1.03 bits per heavy atom. The van der Waals surface area contributed by atoms with Gasteiger partial charge in [-0.05, 0) is 68.2 Å². The van der Waals surface area contributed by atoms with E-state index in [-0.39, 0.29) is 36.4 Å². The summed E-state index contributed by atoms with van der Waals surface area (Å²) >= 11 is 0. The number of likely N-dealkylation sites (tertiary alicyclic amines) is 1. The summed E-state index contributed by atoms with van der Waals surface area (Å²) in [6.45, 7) is 9.80. The molecule has 0 radical (unpaired) electrons. The number of ether oxygens (including phenoxy) is 1. The molecule has 3 rings (SSSR count). The standard InChI is InChI=1S/C23H34N2O5S/c1-16-11-17(2)14-24(13-16)22(26)15-30-23(27)20-7-9-25(10-8-20)31(28,29)21-6-5-18(3)19(4)12-21/h5-6,12,16-17,20H,7-11,13-15H2,1-4H3/t16-,17+. The number of hydrogen-bond acceptors (Lipinski definition) is 5. The summed E-state index contributed by atoms with van der Waals surface area (Å²) in [7, 11) is -3.58. The predicted octanol–water partition coefficient (Wildman–Crippen LogP) is 2.75. The molecule has 2 saturated heterocycles. The van der Waals surface area contributed by atoms with Crippen LogP contribution in [-0.4, -0.2) is 62.3 Å². The molecule has 2 aliphatic heterocycles. The van der Waals surface area contributed by atoms with Gasteiger partial charge >= 0.3 is 5.97 Å². The van der Waals surface area contributed by atoms with Gasteiger partial charge in [-0.15, -0.1) is 0 Å². The summed E-state index contributed by atoms with van der Waals surface area (Å²) in [6, 6.07) is 5.14. The topological polar surface area (TPSA) is 84.0 Å². The number of piperidine rings is 2. The van der Waals surface area contributed by atoms with E-state index >= 15 is 0 Å². The van der Waals surface area contributed by atoms with E-state index in [0.717, 1.165) is 17.5 Å². The number of nitrogens with zero attached hydrogens (tertiary/aromatic N) is 2. The number of sulfonamides is 1. The van der Waals surface area contributed by atoms with E-state index in [1.165, 1.54) is 4.31 Å². The van der Waals surface area contributed by atoms with Crippen LogP contribution in [-0.2, 0) is 24.3 Å². The average molecular weight is 451 g/mol. The first kappa shape index (κ1) is 23.7. The van der Waals surface area contributed by atoms with Crippen LogP contribution >= 0.6 is 0 Å². The van der Waals surface area contributed by atoms with Gasteiger partial charge in [-0.25, -0.2) is 8.42 Å². The van der Waals surface area contributed by atoms with Crippen molar-refractivity contribution in [2.45, 2.75) is 51.9 Å². The largest absolute Gasteiger partial charge is 0.455 e. The Hall–Kier alpha value is -1.93. The first-order valence-electron chi connectivity index (χ1n) is 11.1. The number of rotatable bonds is 5. The maximum absolute atomic E-state index is 12.9. The highest BCUT2D eigenvalue weighted by Crippen LogP contribution is 2.26. The van der Waals surface area contributed by atoms with Crippen molar-refractivity contribution in [3.63, 3.8) is 0 Å². The number of hydrogen-bond donors (Lipinski definition) is 0. The Labute approximate surface area is 185 Å². The molecule has 7 nitrogen and oxygen atoms in total. The van der Waals surface area contributed by atoms with E-state index in [2.05, 4.69) is 13.8 Å². The molecule has 2 atom stereocenters. The van der Waals surface area contributed by atoms with Gasteiger partial charge in [0.2, 0.25) is 10.0 Å². The van der Waals surface area contributed by atoms with Crippen LogP contribution in [0.1, 0.15) is 44.2 Å². The first-order chi connectivity index (χ1) is 14.6. The van der Waals surface area contributed by atoms with Crippen molar-refractivity contribution >= 4 is 21.9 Å². The molecule has 0 aliphatic carbocycles. The van der Waals surface area contributed by atoms with Gasteiger partial charge in [0.15, 0.2) is 6.61 Å². The molecule has 31 heavy (non-hydrogen) atoms. The third-order valence-corrected chi connectivity index (χ3v) is 8.36. The molecular formula is C23H34N2O5S. The van der Waals surface area contributed by atoms with Crippen LogP contribution in [0.2, 0.25) is 0 Å². The van der Waals surface area contributed by atoms with E-state index in [9.17, 15) is 18.0 Å². The second-order valence-electron chi connectivity index (χ2n) is 9.28. The molecule has 1 aromatic rings. The molecule has 2 aliphatic rings. The number of carbonyl (C=O) groups excluding carboxylic acids is 2. The lowest BCUT2D eigenvalue weighted by atomic mass is 9.92. The zero-order valence-electron chi connectivity index (χ0n) is 19.0. The molecule has 172 valence electrons. The molecule has 1 amide bonds. The monoisotopic (exact) mass is 450 g/mol. The van der Waals surface area contributed by atoms with Gasteiger partial charge in [-0.3, -0.25) is 9.59 Å². The summed E-state index contributed by atoms with van der Waals surface area (Å²) in [6.07, 6.45) is 1.90. The smallest absolute Gasteiger partial charge is 0.309 e. The first-order valence-corrected chi connectivity index (χ1v) is 12.5. The lowest BCUT2D eigenvalue weighted by Gasteiger charge is -2.35. The fraction of sp³-hybridized carbons (Fsp3) is 0.652. The van der Waals surface area contributed by atoms with E-state index in [1.807, 2.05) is 19.9 Å². The number of carbonyl (C=O) groups is 2. The number of aryl methyl sites for hydroxylation is 2. The van der Waals surface area contributed by atoms with Crippen LogP contribution in [0.3, 0.4) is 0 Å². The fourth-order valence-corrected chi connectivity index (χ4v) is 6.12. The number of amides is 1. The minimum absolute atomic E-state index is 0.151. The van der Waals surface area contributed by atoms with Crippen molar-refractivity contribution in [1.82, 2.24) is 9.21 Å². The van der Waals surface area contributed by atoms with E-state index in [1.54, 1.807) is 17.0 Å². The highest BCUT2D eigenvalue weighted by atomic mass is 32.2. The Morgan fingerprint density at radius 3 is 2.23 bits per heavy atom. The molecule has 1 aromatic carbocycles. The van der Waals surface area contributed by atoms with Crippen LogP contribution in [0.5, 0.6) is 0 Å². The third-order valence-electron chi connectivity index (χ3n) is 6.46. The second kappa shape index (κ2) is 9.69. The average Bonchev–Trinajstić information content (AvgIpc) is 2.73. The minimum atomic E-state index is -3.58. The van der Waals surface area contributed by atoms with Gasteiger partial charge in [-0.2, -0.15) is 4.31 Å². The molecule has 2 fully saturated rings. The number of esters is 1. The SMILES string of the molecule is Cc1ccc(S(=O)(=O)N2CCC(C(=O)OCC(=O)N3C[C@H](C)C[C@H](C)C3)CC2)cc1C. The van der Waals surface area contributed by atoms with Crippen LogP contribution in [0.25, 0.3) is 0 Å². The Morgan fingerprint density at radius 2 is 1.65 bits per heavy atom. The highest BCUT2D eigenvalue weighted by Gasteiger charge is 2.33. The van der Waals surface area contributed by atoms with E-state index in [4.69, 9.17) is 4.74 Å². The molecule has 0 bridgehead atoms. The van der Waals surface area contributed by atoms with Crippen molar-refractivity contribution in [1.29, 1.82) is 0 Å². The molecular weight excluding hydrogens is 416 g/mol. The molecule has 2 heterocycles. The predicted molar refractivity (Wildman–Crippen MR) is 118 cm³/mol. The van der Waals surface area contributed by atoms with Crippen LogP contribution in [0, 0.1) is 31.6 Å². The summed E-state index contributed by atoms with van der Waals surface area (Å²) in [5.41, 5.74) is 1.98. The zero-order valence-corrected chi connectivity index (χ0v) is 19.8. The summed E-state index contributed by atoms with van der Waals surface area (Å²) < 4.78 is 32.6. The van der Waals surface area contributed by atoms with Gasteiger partial charge in [0.1, 0.15) is 0 Å². The van der Waals surface area contributed by atoms with Gasteiger partial charge < -0.3 is 9.64 Å². The third kappa shape index (κ3) is 5.66. The Kier molecular flexibility index (Phi) is 7.42. The summed E-state index contributed by atoms with van der Waals surface area (Å²) in [5, 5.41) is 0. The molecule has 8 heteroatoms. The summed E-state index contributed by atoms with van der Waals surface area (Å²) in [4.78, 5) is 27.0. The minimum Gasteiger partial charge on any atom is -0.455 e. The van der Waals surface area contributed by atoms with Gasteiger partial charge in [0.25, 0.3) is 5.91 Å². The molecule has 0 spiro atoms. The van der Waals surface area contributed by atoms with E-state index < -0.39 is 16.0 Å². The molecule has 0 aromatic heterocycles. The number of benzene rings is 1. The lowest BCUT2D eigenvalue weighted by molar-refractivity contribution is -0.157. The van der Waals surface area contributed by atoms with Crippen molar-refractivity contribution < 1.29 is 22.7 Å². The lowest BCUT2D eigenvalue weighted by Crippen LogP contribution is -2.45. The van der Waals surface area contributed by atoms with Crippen molar-refractivity contribution in [3.8, 4) is 0 Å². The van der Waals surface area contributed by atoms with Crippen molar-refractivity contribution in [3.05, 3.63) is 29.3 Å². The second-order valence-corrected chi connectivity index (χ2v) is 11.2. The van der Waals surface area contributed by atoms with E-state index in [0.29, 0.717) is 37.8 Å². The van der Waals surface area contributed by atoms with Crippen molar-refractivity contribution in [2.75, 3.05) is 32.8 Å². The maximum atomic E-state index is 12.9. The van der Waals surface area contributed by atoms with Gasteiger partial charge in [0.05, 0.1) is 10.8 Å². The maximum Gasteiger partial charge on any atom is 0.309 e. The Balaban J connectivity index is 1.50. The highest BCUT2D eigenvalue weighted by molar-refractivity contribution is 7.89. The van der Waals surface area contributed by atoms with Crippen LogP contribution in [0.4, 0.5) is 0 Å². The molecule has 0 unspecified atom stereocenters. The zero-order chi connectivity index (χ0) is 22.8. The Bertz CT molecular complexity index is 912. The van der Waals surface area contributed by atoms with Crippen LogP contribution < -0.4 is 0 Å². The van der Waals surface area contributed by atoms with Crippen LogP contribution in [0.15, 0.2) is 23.1 Å². The molecule has 0 N–H and O–H groups in total. The normalized spacial score (nSPS) is 23.5. The molecule has 0 saturated carbocycles. The summed E-state index contributed by atoms with van der Waals surface area (Å²) in [5.74, 6) is -0.0339. The van der Waals surface area contributed by atoms with Crippen molar-refractivity contribution in [2.24, 2.45) is 17.8 Å². The van der Waals surface area contributed by atoms with Gasteiger partial charge in [-0.1, -0.05) is 19.9 Å².